The molecular weight excluding hydrogens is 306 g/mol. The van der Waals surface area contributed by atoms with Crippen LogP contribution in [0.1, 0.15) is 51.2 Å². The highest BCUT2D eigenvalue weighted by Gasteiger charge is 2.51. The summed E-state index contributed by atoms with van der Waals surface area (Å²) in [5.41, 5.74) is 0.659. The summed E-state index contributed by atoms with van der Waals surface area (Å²) in [6.07, 6.45) is 5.56. The van der Waals surface area contributed by atoms with E-state index in [-0.39, 0.29) is 0 Å². The zero-order chi connectivity index (χ0) is 17.8. The first kappa shape index (κ1) is 18.0. The summed E-state index contributed by atoms with van der Waals surface area (Å²) in [4.78, 5) is 22.9. The number of nitrogens with one attached hydrogen (secondary N) is 1. The molecule has 0 bridgehead atoms. The first-order valence-electron chi connectivity index (χ1n) is 8.20. The van der Waals surface area contributed by atoms with Crippen LogP contribution in [0.5, 0.6) is 0 Å². The zero-order valence-electron chi connectivity index (χ0n) is 14.5. The summed E-state index contributed by atoms with van der Waals surface area (Å²) < 4.78 is 5.16. The van der Waals surface area contributed by atoms with Crippen molar-refractivity contribution in [3.63, 3.8) is 0 Å². The van der Waals surface area contributed by atoms with Gasteiger partial charge in [-0.2, -0.15) is 0 Å². The van der Waals surface area contributed by atoms with Crippen molar-refractivity contribution >= 4 is 18.1 Å². The first-order chi connectivity index (χ1) is 11.2. The maximum Gasteiger partial charge on any atom is 0.407 e. The summed E-state index contributed by atoms with van der Waals surface area (Å²) in [7, 11) is 0. The van der Waals surface area contributed by atoms with Gasteiger partial charge in [0.2, 0.25) is 0 Å². The molecular formula is C19H25NO4. The largest absolute Gasteiger partial charge is 0.481 e. The lowest BCUT2D eigenvalue weighted by molar-refractivity contribution is -0.140. The molecule has 0 saturated heterocycles. The molecule has 0 spiro atoms. The molecule has 0 aliphatic heterocycles. The van der Waals surface area contributed by atoms with Crippen molar-refractivity contribution in [2.45, 2.75) is 51.0 Å². The van der Waals surface area contributed by atoms with E-state index >= 15 is 0 Å². The van der Waals surface area contributed by atoms with Gasteiger partial charge in [-0.05, 0) is 51.2 Å². The molecule has 1 aliphatic rings. The Balaban J connectivity index is 1.83. The standard InChI is InChI=1S/C19H25NO4/c1-18(2,3)24-17(23)20-12-5-4-7-14-8-6-9-15(13-14)19(10-11-19)16(21)22/h4,6-9,13H,5,10-12H2,1-3H3,(H,20,23)(H,21,22). The van der Waals surface area contributed by atoms with Crippen LogP contribution in [-0.2, 0) is 14.9 Å². The molecule has 1 saturated carbocycles. The van der Waals surface area contributed by atoms with Gasteiger partial charge in [-0.25, -0.2) is 4.79 Å². The van der Waals surface area contributed by atoms with Crippen LogP contribution in [0, 0.1) is 0 Å². The summed E-state index contributed by atoms with van der Waals surface area (Å²) in [6, 6.07) is 7.64. The molecule has 1 aliphatic carbocycles. The Morgan fingerprint density at radius 1 is 1.33 bits per heavy atom. The minimum Gasteiger partial charge on any atom is -0.481 e. The molecule has 2 rings (SSSR count). The quantitative estimate of drug-likeness (QED) is 0.779. The number of hydrogen-bond donors (Lipinski definition) is 2. The second kappa shape index (κ2) is 7.07. The van der Waals surface area contributed by atoms with Gasteiger partial charge in [0.05, 0.1) is 5.41 Å². The van der Waals surface area contributed by atoms with E-state index in [9.17, 15) is 14.7 Å². The SMILES string of the molecule is CC(C)(C)OC(=O)NCCC=Cc1cccc(C2(C(=O)O)CC2)c1. The lowest BCUT2D eigenvalue weighted by Crippen LogP contribution is -2.32. The fourth-order valence-corrected chi connectivity index (χ4v) is 2.48. The van der Waals surface area contributed by atoms with Crippen LogP contribution in [0.4, 0.5) is 4.79 Å². The van der Waals surface area contributed by atoms with Crippen LogP contribution < -0.4 is 5.32 Å². The number of benzene rings is 1. The highest BCUT2D eigenvalue weighted by atomic mass is 16.6. The molecule has 5 nitrogen and oxygen atoms in total. The Morgan fingerprint density at radius 2 is 2.04 bits per heavy atom. The number of carboxylic acids is 1. The van der Waals surface area contributed by atoms with Crippen LogP contribution in [0.15, 0.2) is 30.3 Å². The van der Waals surface area contributed by atoms with Crippen molar-refractivity contribution in [3.05, 3.63) is 41.5 Å². The summed E-state index contributed by atoms with van der Waals surface area (Å²) in [5, 5.41) is 12.1. The van der Waals surface area contributed by atoms with Crippen molar-refractivity contribution in [2.75, 3.05) is 6.54 Å². The van der Waals surface area contributed by atoms with Crippen molar-refractivity contribution in [1.82, 2.24) is 5.32 Å². The van der Waals surface area contributed by atoms with Crippen molar-refractivity contribution in [2.24, 2.45) is 0 Å². The molecule has 2 N–H and O–H groups in total. The lowest BCUT2D eigenvalue weighted by Gasteiger charge is -2.19. The van der Waals surface area contributed by atoms with E-state index in [1.54, 1.807) is 0 Å². The summed E-state index contributed by atoms with van der Waals surface area (Å²) in [6.45, 7) is 5.96. The molecule has 130 valence electrons. The van der Waals surface area contributed by atoms with Gasteiger partial charge in [0.15, 0.2) is 0 Å². The average molecular weight is 331 g/mol. The molecule has 1 fully saturated rings. The topological polar surface area (TPSA) is 75.6 Å². The monoisotopic (exact) mass is 331 g/mol. The molecule has 24 heavy (non-hydrogen) atoms. The minimum absolute atomic E-state index is 0.421. The van der Waals surface area contributed by atoms with E-state index < -0.39 is 23.1 Å². The molecule has 0 unspecified atom stereocenters. The third kappa shape index (κ3) is 4.85. The van der Waals surface area contributed by atoms with Crippen LogP contribution in [0.2, 0.25) is 0 Å². The Hall–Kier alpha value is -2.30. The van der Waals surface area contributed by atoms with E-state index in [2.05, 4.69) is 5.32 Å². The zero-order valence-corrected chi connectivity index (χ0v) is 14.5. The Morgan fingerprint density at radius 3 is 2.62 bits per heavy atom. The lowest BCUT2D eigenvalue weighted by atomic mass is 9.94. The normalized spacial score (nSPS) is 16.0. The number of hydrogen-bond acceptors (Lipinski definition) is 3. The van der Waals surface area contributed by atoms with Gasteiger partial charge in [0.1, 0.15) is 5.60 Å². The third-order valence-corrected chi connectivity index (χ3v) is 3.89. The predicted octanol–water partition coefficient (Wildman–Crippen LogP) is 3.73. The Labute approximate surface area is 142 Å². The molecule has 1 aromatic carbocycles. The maximum absolute atomic E-state index is 11.5. The molecule has 0 radical (unpaired) electrons. The Kier molecular flexibility index (Phi) is 5.32. The number of amides is 1. The highest BCUT2D eigenvalue weighted by molar-refractivity contribution is 5.85. The van der Waals surface area contributed by atoms with Gasteiger partial charge in [-0.3, -0.25) is 4.79 Å². The minimum atomic E-state index is -0.745. The fraction of sp³-hybridized carbons (Fsp3) is 0.474. The number of alkyl carbamates (subject to hydrolysis) is 1. The van der Waals surface area contributed by atoms with E-state index in [4.69, 9.17) is 4.74 Å². The van der Waals surface area contributed by atoms with Crippen molar-refractivity contribution in [3.8, 4) is 0 Å². The molecule has 0 aromatic heterocycles. The number of aliphatic carboxylic acids is 1. The number of carboxylic acid groups (broad SMARTS) is 1. The van der Waals surface area contributed by atoms with E-state index in [1.807, 2.05) is 57.2 Å². The third-order valence-electron chi connectivity index (χ3n) is 3.89. The van der Waals surface area contributed by atoms with Crippen molar-refractivity contribution in [1.29, 1.82) is 0 Å². The maximum atomic E-state index is 11.5. The average Bonchev–Trinajstić information content (AvgIpc) is 3.27. The van der Waals surface area contributed by atoms with Gasteiger partial charge in [0.25, 0.3) is 0 Å². The van der Waals surface area contributed by atoms with E-state index in [1.165, 1.54) is 0 Å². The number of carbonyl (C=O) groups is 2. The van der Waals surface area contributed by atoms with Gasteiger partial charge in [-0.15, -0.1) is 0 Å². The molecule has 1 amide bonds. The number of rotatable bonds is 6. The molecule has 1 aromatic rings. The van der Waals surface area contributed by atoms with Gasteiger partial charge in [-0.1, -0.05) is 36.4 Å². The molecule has 0 heterocycles. The number of carbonyl (C=O) groups excluding carboxylic acids is 1. The summed E-state index contributed by atoms with van der Waals surface area (Å²) >= 11 is 0. The second-order valence-corrected chi connectivity index (χ2v) is 7.13. The smallest absolute Gasteiger partial charge is 0.407 e. The van der Waals surface area contributed by atoms with Gasteiger partial charge < -0.3 is 15.2 Å². The number of ether oxygens (including phenoxy) is 1. The fourth-order valence-electron chi connectivity index (χ4n) is 2.48. The first-order valence-corrected chi connectivity index (χ1v) is 8.20. The second-order valence-electron chi connectivity index (χ2n) is 7.13. The van der Waals surface area contributed by atoms with Gasteiger partial charge in [0, 0.05) is 6.54 Å². The molecule has 0 atom stereocenters. The Bertz CT molecular complexity index is 639. The van der Waals surface area contributed by atoms with Crippen LogP contribution in [-0.4, -0.2) is 29.3 Å². The van der Waals surface area contributed by atoms with Crippen LogP contribution in [0.25, 0.3) is 6.08 Å². The van der Waals surface area contributed by atoms with Crippen LogP contribution in [0.3, 0.4) is 0 Å². The van der Waals surface area contributed by atoms with E-state index in [0.717, 1.165) is 11.1 Å². The molecule has 5 heteroatoms. The summed E-state index contributed by atoms with van der Waals surface area (Å²) in [5.74, 6) is -0.745. The van der Waals surface area contributed by atoms with E-state index in [0.29, 0.717) is 25.8 Å². The van der Waals surface area contributed by atoms with Crippen LogP contribution >= 0.6 is 0 Å². The van der Waals surface area contributed by atoms with Gasteiger partial charge >= 0.3 is 12.1 Å². The highest BCUT2D eigenvalue weighted by Crippen LogP contribution is 2.48. The van der Waals surface area contributed by atoms with Crippen molar-refractivity contribution < 1.29 is 19.4 Å². The predicted molar refractivity (Wildman–Crippen MR) is 92.9 cm³/mol.